The van der Waals surface area contributed by atoms with Gasteiger partial charge in [0.2, 0.25) is 0 Å². The predicted molar refractivity (Wildman–Crippen MR) is 86.8 cm³/mol. The van der Waals surface area contributed by atoms with Crippen molar-refractivity contribution in [1.29, 1.82) is 0 Å². The van der Waals surface area contributed by atoms with Gasteiger partial charge in [-0.15, -0.1) is 0 Å². The molecule has 6 heteroatoms. The lowest BCUT2D eigenvalue weighted by molar-refractivity contribution is 0.590. The highest BCUT2D eigenvalue weighted by Gasteiger charge is 2.21. The predicted octanol–water partition coefficient (Wildman–Crippen LogP) is 4.98. The molecule has 1 aliphatic heterocycles. The third-order valence-electron chi connectivity index (χ3n) is 3.07. The number of hydrogen-bond acceptors (Lipinski definition) is 3. The van der Waals surface area contributed by atoms with E-state index in [2.05, 4.69) is 26.2 Å². The van der Waals surface area contributed by atoms with Gasteiger partial charge in [0.15, 0.2) is 16.8 Å². The SMILES string of the molecule is Fc1cc(Br)cc(F)c1NC1=NC(c2ccccc2)CS1. The minimum absolute atomic E-state index is 0.0141. The molecule has 0 saturated heterocycles. The first-order valence-electron chi connectivity index (χ1n) is 6.30. The van der Waals surface area contributed by atoms with Crippen molar-refractivity contribution in [2.75, 3.05) is 11.1 Å². The molecule has 0 bridgehead atoms. The maximum Gasteiger partial charge on any atom is 0.161 e. The van der Waals surface area contributed by atoms with Crippen LogP contribution >= 0.6 is 27.7 Å². The maximum absolute atomic E-state index is 13.8. The molecular weight excluding hydrogens is 358 g/mol. The second-order valence-corrected chi connectivity index (χ2v) is 6.47. The molecule has 1 unspecified atom stereocenters. The molecule has 0 radical (unpaired) electrons. The van der Waals surface area contributed by atoms with E-state index >= 15 is 0 Å². The highest BCUT2D eigenvalue weighted by molar-refractivity contribution is 9.10. The Bertz CT molecular complexity index is 668. The lowest BCUT2D eigenvalue weighted by Gasteiger charge is -2.08. The van der Waals surface area contributed by atoms with Crippen molar-refractivity contribution in [3.63, 3.8) is 0 Å². The second kappa shape index (κ2) is 6.15. The number of hydrogen-bond donors (Lipinski definition) is 1. The number of halogens is 3. The first-order chi connectivity index (χ1) is 10.1. The van der Waals surface area contributed by atoms with Crippen molar-refractivity contribution in [2.24, 2.45) is 4.99 Å². The summed E-state index contributed by atoms with van der Waals surface area (Å²) in [6.07, 6.45) is 0. The topological polar surface area (TPSA) is 24.4 Å². The zero-order valence-electron chi connectivity index (χ0n) is 10.8. The maximum atomic E-state index is 13.8. The Morgan fingerprint density at radius 2 is 1.81 bits per heavy atom. The van der Waals surface area contributed by atoms with Crippen LogP contribution in [0.25, 0.3) is 0 Å². The number of nitrogens with zero attached hydrogens (tertiary/aromatic N) is 1. The normalized spacial score (nSPS) is 17.7. The zero-order valence-corrected chi connectivity index (χ0v) is 13.2. The fraction of sp³-hybridized carbons (Fsp3) is 0.133. The number of nitrogens with one attached hydrogen (secondary N) is 1. The number of aliphatic imine (C=N–C) groups is 1. The summed E-state index contributed by atoms with van der Waals surface area (Å²) in [6.45, 7) is 0. The smallest absolute Gasteiger partial charge is 0.161 e. The van der Waals surface area contributed by atoms with Gasteiger partial charge in [0.25, 0.3) is 0 Å². The van der Waals surface area contributed by atoms with Crippen molar-refractivity contribution >= 4 is 38.5 Å². The minimum Gasteiger partial charge on any atom is -0.330 e. The molecule has 1 heterocycles. The first kappa shape index (κ1) is 14.5. The number of rotatable bonds is 2. The van der Waals surface area contributed by atoms with Gasteiger partial charge in [0.1, 0.15) is 5.69 Å². The van der Waals surface area contributed by atoms with Gasteiger partial charge >= 0.3 is 0 Å². The standard InChI is InChI=1S/C15H11BrF2N2S/c16-10-6-11(17)14(12(18)7-10)20-15-19-13(8-21-15)9-4-2-1-3-5-9/h1-7,13H,8H2,(H,19,20). The molecule has 2 aromatic rings. The zero-order chi connectivity index (χ0) is 14.8. The Morgan fingerprint density at radius 3 is 2.48 bits per heavy atom. The first-order valence-corrected chi connectivity index (χ1v) is 8.08. The van der Waals surface area contributed by atoms with Crippen molar-refractivity contribution in [3.05, 3.63) is 64.1 Å². The molecule has 1 aliphatic rings. The van der Waals surface area contributed by atoms with Gasteiger partial charge in [-0.1, -0.05) is 58.0 Å². The second-order valence-electron chi connectivity index (χ2n) is 4.54. The fourth-order valence-electron chi connectivity index (χ4n) is 2.06. The number of thioether (sulfide) groups is 1. The minimum atomic E-state index is -0.645. The average molecular weight is 369 g/mol. The van der Waals surface area contributed by atoms with Crippen LogP contribution < -0.4 is 5.32 Å². The summed E-state index contributed by atoms with van der Waals surface area (Å²) in [5, 5.41) is 3.28. The van der Waals surface area contributed by atoms with Crippen molar-refractivity contribution in [2.45, 2.75) is 6.04 Å². The van der Waals surface area contributed by atoms with Crippen LogP contribution in [0.3, 0.4) is 0 Å². The number of benzene rings is 2. The third-order valence-corrected chi connectivity index (χ3v) is 4.50. The fourth-order valence-corrected chi connectivity index (χ4v) is 3.42. The van der Waals surface area contributed by atoms with Crippen LogP contribution in [0.2, 0.25) is 0 Å². The Morgan fingerprint density at radius 1 is 1.14 bits per heavy atom. The molecule has 0 spiro atoms. The molecule has 0 fully saturated rings. The van der Waals surface area contributed by atoms with Gasteiger partial charge in [-0.25, -0.2) is 8.78 Å². The summed E-state index contributed by atoms with van der Waals surface area (Å²) >= 11 is 4.51. The molecular formula is C15H11BrF2N2S. The van der Waals surface area contributed by atoms with E-state index < -0.39 is 11.6 Å². The summed E-state index contributed by atoms with van der Waals surface area (Å²) < 4.78 is 27.9. The molecule has 1 N–H and O–H groups in total. The summed E-state index contributed by atoms with van der Waals surface area (Å²) in [5.74, 6) is -0.534. The number of anilines is 1. The molecule has 1 atom stereocenters. The van der Waals surface area contributed by atoms with E-state index in [1.54, 1.807) is 0 Å². The van der Waals surface area contributed by atoms with Gasteiger partial charge in [-0.2, -0.15) is 0 Å². The van der Waals surface area contributed by atoms with Crippen LogP contribution in [0, 0.1) is 11.6 Å². The largest absolute Gasteiger partial charge is 0.330 e. The van der Waals surface area contributed by atoms with E-state index in [0.717, 1.165) is 11.3 Å². The summed E-state index contributed by atoms with van der Waals surface area (Å²) in [4.78, 5) is 4.48. The average Bonchev–Trinajstić information content (AvgIpc) is 2.92. The molecule has 2 nitrogen and oxygen atoms in total. The highest BCUT2D eigenvalue weighted by Crippen LogP contribution is 2.32. The van der Waals surface area contributed by atoms with Crippen molar-refractivity contribution < 1.29 is 8.78 Å². The van der Waals surface area contributed by atoms with Gasteiger partial charge in [-0.05, 0) is 17.7 Å². The number of amidine groups is 1. The van der Waals surface area contributed by atoms with E-state index in [0.29, 0.717) is 9.64 Å². The molecule has 0 aliphatic carbocycles. The van der Waals surface area contributed by atoms with Crippen molar-refractivity contribution in [1.82, 2.24) is 0 Å². The van der Waals surface area contributed by atoms with E-state index in [9.17, 15) is 8.78 Å². The van der Waals surface area contributed by atoms with Crippen LogP contribution in [-0.2, 0) is 0 Å². The molecule has 21 heavy (non-hydrogen) atoms. The molecule has 0 aromatic heterocycles. The molecule has 3 rings (SSSR count). The summed E-state index contributed by atoms with van der Waals surface area (Å²) in [7, 11) is 0. The van der Waals surface area contributed by atoms with E-state index in [1.165, 1.54) is 23.9 Å². The van der Waals surface area contributed by atoms with Crippen LogP contribution in [0.5, 0.6) is 0 Å². The Hall–Kier alpha value is -1.40. The van der Waals surface area contributed by atoms with Gasteiger partial charge in [0, 0.05) is 10.2 Å². The molecule has 0 saturated carbocycles. The Balaban J connectivity index is 1.81. The van der Waals surface area contributed by atoms with Gasteiger partial charge in [-0.3, -0.25) is 4.99 Å². The molecule has 108 valence electrons. The van der Waals surface area contributed by atoms with E-state index in [-0.39, 0.29) is 11.7 Å². The van der Waals surface area contributed by atoms with Crippen LogP contribution in [0.15, 0.2) is 51.9 Å². The third kappa shape index (κ3) is 3.27. The van der Waals surface area contributed by atoms with Gasteiger partial charge in [0.05, 0.1) is 6.04 Å². The van der Waals surface area contributed by atoms with Crippen molar-refractivity contribution in [3.8, 4) is 0 Å². The van der Waals surface area contributed by atoms with Crippen LogP contribution in [0.4, 0.5) is 14.5 Å². The lowest BCUT2D eigenvalue weighted by atomic mass is 10.1. The van der Waals surface area contributed by atoms with E-state index in [4.69, 9.17) is 0 Å². The monoisotopic (exact) mass is 368 g/mol. The van der Waals surface area contributed by atoms with Crippen LogP contribution in [0.1, 0.15) is 11.6 Å². The summed E-state index contributed by atoms with van der Waals surface area (Å²) in [6, 6.07) is 12.3. The quantitative estimate of drug-likeness (QED) is 0.807. The van der Waals surface area contributed by atoms with Crippen LogP contribution in [-0.4, -0.2) is 10.9 Å². The lowest BCUT2D eigenvalue weighted by Crippen LogP contribution is -2.08. The van der Waals surface area contributed by atoms with Gasteiger partial charge < -0.3 is 5.32 Å². The Kier molecular flexibility index (Phi) is 4.26. The van der Waals surface area contributed by atoms with E-state index in [1.807, 2.05) is 30.3 Å². The molecule has 2 aromatic carbocycles. The molecule has 0 amide bonds. The highest BCUT2D eigenvalue weighted by atomic mass is 79.9. The Labute approximate surface area is 133 Å². The summed E-state index contributed by atoms with van der Waals surface area (Å²) in [5.41, 5.74) is 0.928.